The minimum absolute atomic E-state index is 0.411. The predicted octanol–water partition coefficient (Wildman–Crippen LogP) is 1.99. The van der Waals surface area contributed by atoms with Crippen molar-refractivity contribution in [1.29, 1.82) is 0 Å². The van der Waals surface area contributed by atoms with Gasteiger partial charge >= 0.3 is 0 Å². The summed E-state index contributed by atoms with van der Waals surface area (Å²) in [5.41, 5.74) is 1.23. The summed E-state index contributed by atoms with van der Waals surface area (Å²) in [7, 11) is 0. The zero-order valence-electron chi connectivity index (χ0n) is 6.82. The van der Waals surface area contributed by atoms with Crippen molar-refractivity contribution in [1.82, 2.24) is 0 Å². The molecule has 2 nitrogen and oxygen atoms in total. The van der Waals surface area contributed by atoms with Gasteiger partial charge in [-0.3, -0.25) is 0 Å². The zero-order valence-corrected chi connectivity index (χ0v) is 6.82. The molecule has 13 heavy (non-hydrogen) atoms. The van der Waals surface area contributed by atoms with Crippen molar-refractivity contribution in [2.75, 3.05) is 0 Å². The van der Waals surface area contributed by atoms with E-state index < -0.39 is 12.6 Å². The second-order valence-corrected chi connectivity index (χ2v) is 2.88. The van der Waals surface area contributed by atoms with Crippen LogP contribution in [0.3, 0.4) is 0 Å². The smallest absolute Gasteiger partial charge is 0.209 e. The van der Waals surface area contributed by atoms with E-state index in [-0.39, 0.29) is 0 Å². The van der Waals surface area contributed by atoms with Crippen molar-refractivity contribution in [3.63, 3.8) is 0 Å². The van der Waals surface area contributed by atoms with E-state index in [1.807, 2.05) is 0 Å². The Labute approximate surface area is 74.4 Å². The molecule has 0 spiro atoms. The first kappa shape index (κ1) is 8.29. The lowest BCUT2D eigenvalue weighted by Crippen LogP contribution is -2.01. The number of allylic oxidation sites excluding steroid dienone is 2. The summed E-state index contributed by atoms with van der Waals surface area (Å²) in [6, 6.07) is 0. The van der Waals surface area contributed by atoms with Crippen molar-refractivity contribution in [2.24, 2.45) is 9.98 Å². The lowest BCUT2D eigenvalue weighted by Gasteiger charge is -1.95. The van der Waals surface area contributed by atoms with Crippen molar-refractivity contribution >= 4 is 11.4 Å². The number of hydrogen-bond acceptors (Lipinski definition) is 2. The molecule has 68 valence electrons. The van der Waals surface area contributed by atoms with Gasteiger partial charge in [0.05, 0.1) is 0 Å². The number of hydrogen-bond donors (Lipinski definition) is 0. The number of halogens is 2. The Balaban J connectivity index is 2.00. The Morgan fingerprint density at radius 2 is 1.46 bits per heavy atom. The van der Waals surface area contributed by atoms with E-state index in [9.17, 15) is 8.78 Å². The fourth-order valence-electron chi connectivity index (χ4n) is 1.26. The molecule has 0 saturated heterocycles. The average Bonchev–Trinajstić information content (AvgIpc) is 2.62. The van der Waals surface area contributed by atoms with Crippen LogP contribution in [0.25, 0.3) is 0 Å². The van der Waals surface area contributed by atoms with Crippen LogP contribution in [0.2, 0.25) is 0 Å². The molecule has 0 saturated carbocycles. The van der Waals surface area contributed by atoms with Gasteiger partial charge in [0.15, 0.2) is 0 Å². The van der Waals surface area contributed by atoms with E-state index in [0.29, 0.717) is 17.8 Å². The molecular weight excluding hydrogens is 174 g/mol. The largest absolute Gasteiger partial charge is 0.249 e. The van der Waals surface area contributed by atoms with Gasteiger partial charge in [0.2, 0.25) is 12.6 Å². The second kappa shape index (κ2) is 3.20. The molecule has 0 fully saturated rings. The van der Waals surface area contributed by atoms with Crippen LogP contribution < -0.4 is 0 Å². The van der Waals surface area contributed by atoms with Crippen LogP contribution in [-0.4, -0.2) is 24.0 Å². The first-order chi connectivity index (χ1) is 6.24. The van der Waals surface area contributed by atoms with Crippen LogP contribution in [0.1, 0.15) is 6.42 Å². The molecule has 2 aliphatic heterocycles. The van der Waals surface area contributed by atoms with Crippen molar-refractivity contribution in [3.05, 3.63) is 24.3 Å². The molecule has 2 heterocycles. The van der Waals surface area contributed by atoms with Crippen LogP contribution in [0.4, 0.5) is 8.78 Å². The molecule has 0 bridgehead atoms. The molecule has 0 N–H and O–H groups in total. The highest BCUT2D eigenvalue weighted by atomic mass is 19.1. The molecule has 0 unspecified atom stereocenters. The SMILES string of the molecule is F[C@@H]1C=CC(CC2=N[C@H](F)C=C2)=N1. The lowest BCUT2D eigenvalue weighted by atomic mass is 10.2. The zero-order chi connectivity index (χ0) is 9.26. The molecular formula is C9H8F2N2. The van der Waals surface area contributed by atoms with Crippen LogP contribution in [0.15, 0.2) is 34.3 Å². The third kappa shape index (κ3) is 1.88. The Morgan fingerprint density at radius 3 is 1.77 bits per heavy atom. The van der Waals surface area contributed by atoms with Crippen molar-refractivity contribution < 1.29 is 8.78 Å². The first-order valence-electron chi connectivity index (χ1n) is 4.02. The van der Waals surface area contributed by atoms with Crippen molar-refractivity contribution in [2.45, 2.75) is 19.0 Å². The molecule has 2 atom stereocenters. The standard InChI is InChI=1S/C9H8F2N2/c10-8-3-1-6(12-8)5-7-2-4-9(11)13-7/h1-4,8-9H,5H2/t8-,9-/m0/s1. The van der Waals surface area contributed by atoms with Gasteiger partial charge in [-0.1, -0.05) is 0 Å². The topological polar surface area (TPSA) is 24.7 Å². The maximum Gasteiger partial charge on any atom is 0.209 e. The summed E-state index contributed by atoms with van der Waals surface area (Å²) < 4.78 is 25.0. The third-order valence-corrected chi connectivity index (χ3v) is 1.84. The van der Waals surface area contributed by atoms with E-state index in [1.165, 1.54) is 12.2 Å². The number of alkyl halides is 2. The quantitative estimate of drug-likeness (QED) is 0.583. The van der Waals surface area contributed by atoms with Gasteiger partial charge in [-0.05, 0) is 24.3 Å². The summed E-state index contributed by atoms with van der Waals surface area (Å²) in [4.78, 5) is 7.36. The van der Waals surface area contributed by atoms with Crippen LogP contribution in [0.5, 0.6) is 0 Å². The lowest BCUT2D eigenvalue weighted by molar-refractivity contribution is 0.419. The second-order valence-electron chi connectivity index (χ2n) is 2.88. The van der Waals surface area contributed by atoms with Crippen LogP contribution >= 0.6 is 0 Å². The highest BCUT2D eigenvalue weighted by Gasteiger charge is 2.13. The fraction of sp³-hybridized carbons (Fsp3) is 0.333. The minimum atomic E-state index is -1.23. The molecule has 0 amide bonds. The van der Waals surface area contributed by atoms with E-state index in [0.717, 1.165) is 0 Å². The molecule has 2 aliphatic rings. The molecule has 2 rings (SSSR count). The van der Waals surface area contributed by atoms with E-state index in [1.54, 1.807) is 12.2 Å². The number of nitrogens with zero attached hydrogens (tertiary/aromatic N) is 2. The van der Waals surface area contributed by atoms with Gasteiger partial charge < -0.3 is 0 Å². The Morgan fingerprint density at radius 1 is 1.00 bits per heavy atom. The molecule has 0 radical (unpaired) electrons. The Kier molecular flexibility index (Phi) is 2.04. The monoisotopic (exact) mass is 182 g/mol. The van der Waals surface area contributed by atoms with Crippen LogP contribution in [0, 0.1) is 0 Å². The minimum Gasteiger partial charge on any atom is -0.249 e. The molecule has 0 aromatic rings. The fourth-order valence-corrected chi connectivity index (χ4v) is 1.26. The predicted molar refractivity (Wildman–Crippen MR) is 47.6 cm³/mol. The first-order valence-corrected chi connectivity index (χ1v) is 4.02. The van der Waals surface area contributed by atoms with Crippen molar-refractivity contribution in [3.8, 4) is 0 Å². The summed E-state index contributed by atoms with van der Waals surface area (Å²) in [6.07, 6.45) is 3.88. The maximum absolute atomic E-state index is 12.5. The molecule has 4 heteroatoms. The number of aliphatic imine (C=N–C) groups is 2. The Bertz CT molecular complexity index is 297. The van der Waals surface area contributed by atoms with Crippen LogP contribution in [-0.2, 0) is 0 Å². The highest BCUT2D eigenvalue weighted by molar-refractivity contribution is 6.14. The summed E-state index contributed by atoms with van der Waals surface area (Å²) in [5.74, 6) is 0. The Hall–Kier alpha value is -1.32. The maximum atomic E-state index is 12.5. The summed E-state index contributed by atoms with van der Waals surface area (Å²) in [6.45, 7) is 0. The molecule has 0 aromatic carbocycles. The molecule has 0 aliphatic carbocycles. The third-order valence-electron chi connectivity index (χ3n) is 1.84. The van der Waals surface area contributed by atoms with E-state index in [4.69, 9.17) is 0 Å². The van der Waals surface area contributed by atoms with Gasteiger partial charge in [0.25, 0.3) is 0 Å². The van der Waals surface area contributed by atoms with E-state index >= 15 is 0 Å². The summed E-state index contributed by atoms with van der Waals surface area (Å²) >= 11 is 0. The average molecular weight is 182 g/mol. The normalized spacial score (nSPS) is 30.9. The molecule has 0 aromatic heterocycles. The van der Waals surface area contributed by atoms with E-state index in [2.05, 4.69) is 9.98 Å². The van der Waals surface area contributed by atoms with Gasteiger partial charge in [-0.2, -0.15) is 0 Å². The van der Waals surface area contributed by atoms with Gasteiger partial charge in [0, 0.05) is 17.8 Å². The summed E-state index contributed by atoms with van der Waals surface area (Å²) in [5, 5.41) is 0. The highest BCUT2D eigenvalue weighted by Crippen LogP contribution is 2.12. The van der Waals surface area contributed by atoms with Gasteiger partial charge in [-0.25, -0.2) is 18.8 Å². The van der Waals surface area contributed by atoms with Gasteiger partial charge in [-0.15, -0.1) is 0 Å². The number of rotatable bonds is 2. The van der Waals surface area contributed by atoms with Gasteiger partial charge in [0.1, 0.15) is 0 Å².